The largest absolute Gasteiger partial charge is 0.381 e. The molecule has 0 saturated carbocycles. The van der Waals surface area contributed by atoms with Gasteiger partial charge in [0.05, 0.1) is 11.4 Å². The highest BCUT2D eigenvalue weighted by atomic mass is 15.2. The summed E-state index contributed by atoms with van der Waals surface area (Å²) in [6.45, 7) is 3.82. The van der Waals surface area contributed by atoms with Crippen LogP contribution in [0.2, 0.25) is 0 Å². The van der Waals surface area contributed by atoms with Crippen LogP contribution in [0.4, 0.5) is 11.4 Å². The van der Waals surface area contributed by atoms with Crippen molar-refractivity contribution in [1.29, 1.82) is 0 Å². The highest BCUT2D eigenvalue weighted by Gasteiger charge is 2.18. The molecule has 1 aliphatic heterocycles. The Morgan fingerprint density at radius 2 is 2.36 bits per heavy atom. The molecule has 3 heteroatoms. The van der Waals surface area contributed by atoms with Crippen LogP contribution in [0.3, 0.4) is 0 Å². The van der Waals surface area contributed by atoms with Crippen LogP contribution in [-0.2, 0) is 6.54 Å². The van der Waals surface area contributed by atoms with E-state index in [0.717, 1.165) is 6.54 Å². The Morgan fingerprint density at radius 3 is 3.07 bits per heavy atom. The van der Waals surface area contributed by atoms with Crippen LogP contribution < -0.4 is 16.0 Å². The van der Waals surface area contributed by atoms with Gasteiger partial charge in [0, 0.05) is 26.2 Å². The zero-order chi connectivity index (χ0) is 10.1. The second-order valence-corrected chi connectivity index (χ2v) is 3.90. The smallest absolute Gasteiger partial charge is 0.0602 e. The predicted octanol–water partition coefficient (Wildman–Crippen LogP) is 1.40. The molecule has 1 heterocycles. The highest BCUT2D eigenvalue weighted by Crippen LogP contribution is 2.30. The summed E-state index contributed by atoms with van der Waals surface area (Å²) in [5.41, 5.74) is 9.25. The molecule has 0 aliphatic carbocycles. The van der Waals surface area contributed by atoms with E-state index in [-0.39, 0.29) is 0 Å². The van der Waals surface area contributed by atoms with Gasteiger partial charge >= 0.3 is 0 Å². The molecule has 1 unspecified atom stereocenters. The van der Waals surface area contributed by atoms with Crippen LogP contribution in [0.25, 0.3) is 0 Å². The number of benzene rings is 1. The van der Waals surface area contributed by atoms with Crippen LogP contribution in [0.1, 0.15) is 12.5 Å². The Balaban J connectivity index is 2.38. The van der Waals surface area contributed by atoms with Gasteiger partial charge in [0.15, 0.2) is 0 Å². The van der Waals surface area contributed by atoms with E-state index < -0.39 is 0 Å². The van der Waals surface area contributed by atoms with E-state index in [1.165, 1.54) is 16.9 Å². The van der Waals surface area contributed by atoms with Gasteiger partial charge in [0.1, 0.15) is 0 Å². The predicted molar refractivity (Wildman–Crippen MR) is 60.7 cm³/mol. The standard InChI is InChI=1S/C11H17N3/c1-8-7-13-10-5-9(6-12)3-4-11(10)14(8)2/h3-5,8,13H,6-7,12H2,1-2H3. The lowest BCUT2D eigenvalue weighted by Gasteiger charge is -2.34. The lowest BCUT2D eigenvalue weighted by molar-refractivity contribution is 0.699. The molecule has 0 amide bonds. The van der Waals surface area contributed by atoms with Crippen molar-refractivity contribution in [3.8, 4) is 0 Å². The van der Waals surface area contributed by atoms with E-state index in [0.29, 0.717) is 12.6 Å². The van der Waals surface area contributed by atoms with Gasteiger partial charge < -0.3 is 16.0 Å². The minimum Gasteiger partial charge on any atom is -0.381 e. The second-order valence-electron chi connectivity index (χ2n) is 3.90. The summed E-state index contributed by atoms with van der Waals surface area (Å²) in [5.74, 6) is 0. The molecule has 0 aromatic heterocycles. The highest BCUT2D eigenvalue weighted by molar-refractivity contribution is 5.73. The molecule has 0 radical (unpaired) electrons. The average Bonchev–Trinajstić information content (AvgIpc) is 2.23. The number of nitrogens with one attached hydrogen (secondary N) is 1. The van der Waals surface area contributed by atoms with Crippen molar-refractivity contribution in [2.24, 2.45) is 5.73 Å². The van der Waals surface area contributed by atoms with Crippen LogP contribution in [0.5, 0.6) is 0 Å². The summed E-state index contributed by atoms with van der Waals surface area (Å²) in [6, 6.07) is 6.92. The summed E-state index contributed by atoms with van der Waals surface area (Å²) >= 11 is 0. The third-order valence-corrected chi connectivity index (χ3v) is 2.93. The molecule has 1 atom stereocenters. The van der Waals surface area contributed by atoms with E-state index in [1.54, 1.807) is 0 Å². The Bertz CT molecular complexity index is 335. The van der Waals surface area contributed by atoms with Crippen molar-refractivity contribution in [3.05, 3.63) is 23.8 Å². The first kappa shape index (κ1) is 9.34. The second kappa shape index (κ2) is 3.50. The number of rotatable bonds is 1. The molecular weight excluding hydrogens is 174 g/mol. The third-order valence-electron chi connectivity index (χ3n) is 2.93. The van der Waals surface area contributed by atoms with Crippen LogP contribution in [-0.4, -0.2) is 19.6 Å². The number of likely N-dealkylation sites (N-methyl/N-ethyl adjacent to an activating group) is 1. The van der Waals surface area contributed by atoms with Gasteiger partial charge in [-0.3, -0.25) is 0 Å². The quantitative estimate of drug-likeness (QED) is 0.705. The van der Waals surface area contributed by atoms with Crippen molar-refractivity contribution in [2.75, 3.05) is 23.8 Å². The van der Waals surface area contributed by atoms with Gasteiger partial charge in [0.25, 0.3) is 0 Å². The number of hydrogen-bond donors (Lipinski definition) is 2. The summed E-state index contributed by atoms with van der Waals surface area (Å²) in [5, 5.41) is 3.42. The Labute approximate surface area is 84.9 Å². The van der Waals surface area contributed by atoms with Crippen molar-refractivity contribution in [3.63, 3.8) is 0 Å². The lowest BCUT2D eigenvalue weighted by atomic mass is 10.1. The topological polar surface area (TPSA) is 41.3 Å². The molecule has 0 bridgehead atoms. The number of nitrogens with two attached hydrogens (primary N) is 1. The van der Waals surface area contributed by atoms with E-state index >= 15 is 0 Å². The maximum absolute atomic E-state index is 5.60. The van der Waals surface area contributed by atoms with Gasteiger partial charge in [-0.15, -0.1) is 0 Å². The van der Waals surface area contributed by atoms with Gasteiger partial charge in [0.2, 0.25) is 0 Å². The molecule has 0 spiro atoms. The lowest BCUT2D eigenvalue weighted by Crippen LogP contribution is -2.39. The number of anilines is 2. The number of nitrogens with zero attached hydrogens (tertiary/aromatic N) is 1. The van der Waals surface area contributed by atoms with Crippen LogP contribution >= 0.6 is 0 Å². The molecular formula is C11H17N3. The molecule has 0 fully saturated rings. The van der Waals surface area contributed by atoms with E-state index in [4.69, 9.17) is 5.73 Å². The molecule has 76 valence electrons. The van der Waals surface area contributed by atoms with Gasteiger partial charge in [-0.05, 0) is 24.6 Å². The maximum atomic E-state index is 5.60. The Morgan fingerprint density at radius 1 is 1.57 bits per heavy atom. The third kappa shape index (κ3) is 1.44. The summed E-state index contributed by atoms with van der Waals surface area (Å²) < 4.78 is 0. The van der Waals surface area contributed by atoms with E-state index in [2.05, 4.69) is 42.4 Å². The zero-order valence-electron chi connectivity index (χ0n) is 8.75. The van der Waals surface area contributed by atoms with Crippen LogP contribution in [0.15, 0.2) is 18.2 Å². The summed E-state index contributed by atoms with van der Waals surface area (Å²) in [4.78, 5) is 2.30. The Kier molecular flexibility index (Phi) is 2.33. The Hall–Kier alpha value is -1.22. The van der Waals surface area contributed by atoms with Crippen molar-refractivity contribution in [2.45, 2.75) is 19.5 Å². The first-order valence-electron chi connectivity index (χ1n) is 5.02. The zero-order valence-corrected chi connectivity index (χ0v) is 8.75. The van der Waals surface area contributed by atoms with Gasteiger partial charge in [-0.1, -0.05) is 6.07 Å². The molecule has 1 aliphatic rings. The first-order chi connectivity index (χ1) is 6.72. The fourth-order valence-corrected chi connectivity index (χ4v) is 1.79. The fraction of sp³-hybridized carbons (Fsp3) is 0.455. The molecule has 14 heavy (non-hydrogen) atoms. The maximum Gasteiger partial charge on any atom is 0.0602 e. The summed E-state index contributed by atoms with van der Waals surface area (Å²) in [7, 11) is 2.13. The van der Waals surface area contributed by atoms with Crippen molar-refractivity contribution in [1.82, 2.24) is 0 Å². The first-order valence-corrected chi connectivity index (χ1v) is 5.02. The molecule has 3 nitrogen and oxygen atoms in total. The minimum atomic E-state index is 0.547. The SMILES string of the molecule is CC1CNc2cc(CN)ccc2N1C. The van der Waals surface area contributed by atoms with Gasteiger partial charge in [-0.25, -0.2) is 0 Å². The molecule has 1 aromatic carbocycles. The monoisotopic (exact) mass is 191 g/mol. The molecule has 0 saturated heterocycles. The number of hydrogen-bond acceptors (Lipinski definition) is 3. The average molecular weight is 191 g/mol. The summed E-state index contributed by atoms with van der Waals surface area (Å²) in [6.07, 6.45) is 0. The minimum absolute atomic E-state index is 0.547. The van der Waals surface area contributed by atoms with Crippen molar-refractivity contribution < 1.29 is 0 Å². The van der Waals surface area contributed by atoms with Crippen LogP contribution in [0, 0.1) is 0 Å². The normalized spacial score (nSPS) is 20.2. The number of fused-ring (bicyclic) bond motifs is 1. The van der Waals surface area contributed by atoms with Gasteiger partial charge in [-0.2, -0.15) is 0 Å². The van der Waals surface area contributed by atoms with E-state index in [1.807, 2.05) is 0 Å². The molecule has 3 N–H and O–H groups in total. The molecule has 2 rings (SSSR count). The molecule has 1 aromatic rings. The fourth-order valence-electron chi connectivity index (χ4n) is 1.79. The van der Waals surface area contributed by atoms with E-state index in [9.17, 15) is 0 Å². The van der Waals surface area contributed by atoms with Crippen molar-refractivity contribution >= 4 is 11.4 Å².